The summed E-state index contributed by atoms with van der Waals surface area (Å²) in [6.07, 6.45) is 5.22. The van der Waals surface area contributed by atoms with Gasteiger partial charge in [0.05, 0.1) is 18.1 Å². The maximum Gasteiger partial charge on any atom is 0.361 e. The highest BCUT2D eigenvalue weighted by Crippen LogP contribution is 2.29. The fourth-order valence-corrected chi connectivity index (χ4v) is 1.52. The lowest BCUT2D eigenvalue weighted by Gasteiger charge is -2.27. The molecule has 2 unspecified atom stereocenters. The molecular weight excluding hydrogens is 230 g/mol. The molecule has 1 rings (SSSR count). The van der Waals surface area contributed by atoms with Crippen molar-refractivity contribution in [2.45, 2.75) is 5.72 Å². The Morgan fingerprint density at radius 1 is 1.53 bits per heavy atom. The highest BCUT2D eigenvalue weighted by atomic mass is 16.7. The summed E-state index contributed by atoms with van der Waals surface area (Å²) in [6, 6.07) is 0. The van der Waals surface area contributed by atoms with Crippen LogP contribution < -0.4 is 0 Å². The largest absolute Gasteiger partial charge is 0.481 e. The highest BCUT2D eigenvalue weighted by molar-refractivity contribution is 5.74. The molecule has 0 bridgehead atoms. The van der Waals surface area contributed by atoms with E-state index in [4.69, 9.17) is 14.6 Å². The smallest absolute Gasteiger partial charge is 0.361 e. The molecule has 7 heteroatoms. The van der Waals surface area contributed by atoms with Crippen LogP contribution in [0, 0.1) is 16.0 Å². The van der Waals surface area contributed by atoms with Crippen molar-refractivity contribution in [2.24, 2.45) is 5.92 Å². The second kappa shape index (κ2) is 5.55. The van der Waals surface area contributed by atoms with Crippen LogP contribution >= 0.6 is 0 Å². The Balaban J connectivity index is 2.95. The number of nitrogens with zero attached hydrogens (tertiary/aromatic N) is 1. The normalized spacial score (nSPS) is 27.0. The van der Waals surface area contributed by atoms with E-state index in [1.165, 1.54) is 25.3 Å². The third-order valence-electron chi connectivity index (χ3n) is 2.37. The summed E-state index contributed by atoms with van der Waals surface area (Å²) >= 11 is 0. The molecule has 7 nitrogen and oxygen atoms in total. The maximum atomic E-state index is 11.1. The number of methoxy groups -OCH3 is 1. The van der Waals surface area contributed by atoms with Crippen LogP contribution in [0.25, 0.3) is 0 Å². The second-order valence-corrected chi connectivity index (χ2v) is 3.41. The van der Waals surface area contributed by atoms with Crippen LogP contribution in [0.4, 0.5) is 0 Å². The SMILES string of the molecule is COCCOC1([N+](=O)[O-])C=CC=CC1C(=O)O. The van der Waals surface area contributed by atoms with Gasteiger partial charge >= 0.3 is 11.7 Å². The zero-order valence-electron chi connectivity index (χ0n) is 9.24. The molecule has 0 aromatic carbocycles. The summed E-state index contributed by atoms with van der Waals surface area (Å²) < 4.78 is 9.82. The lowest BCUT2D eigenvalue weighted by molar-refractivity contribution is -0.620. The van der Waals surface area contributed by atoms with Crippen LogP contribution in [0.5, 0.6) is 0 Å². The molecule has 0 fully saturated rings. The third-order valence-corrected chi connectivity index (χ3v) is 2.37. The average Bonchev–Trinajstić information content (AvgIpc) is 2.29. The number of rotatable bonds is 6. The molecule has 0 heterocycles. The summed E-state index contributed by atoms with van der Waals surface area (Å²) in [5, 5.41) is 20.1. The van der Waals surface area contributed by atoms with Gasteiger partial charge in [0.25, 0.3) is 0 Å². The molecule has 0 aromatic heterocycles. The van der Waals surface area contributed by atoms with Crippen molar-refractivity contribution in [1.29, 1.82) is 0 Å². The van der Waals surface area contributed by atoms with Crippen LogP contribution in [-0.2, 0) is 14.3 Å². The molecular formula is C10H13NO6. The molecule has 0 radical (unpaired) electrons. The van der Waals surface area contributed by atoms with Gasteiger partial charge in [-0.2, -0.15) is 0 Å². The van der Waals surface area contributed by atoms with Gasteiger partial charge < -0.3 is 14.6 Å². The molecule has 94 valence electrons. The van der Waals surface area contributed by atoms with E-state index in [0.29, 0.717) is 0 Å². The quantitative estimate of drug-likeness (QED) is 0.314. The number of aliphatic carboxylic acids is 1. The zero-order valence-corrected chi connectivity index (χ0v) is 9.24. The predicted molar refractivity (Wildman–Crippen MR) is 57.0 cm³/mol. The molecule has 0 spiro atoms. The number of ether oxygens (including phenoxy) is 2. The summed E-state index contributed by atoms with van der Waals surface area (Å²) in [5.74, 6) is -2.65. The second-order valence-electron chi connectivity index (χ2n) is 3.41. The Morgan fingerprint density at radius 3 is 2.76 bits per heavy atom. The van der Waals surface area contributed by atoms with Crippen LogP contribution in [-0.4, -0.2) is 42.0 Å². The van der Waals surface area contributed by atoms with Crippen LogP contribution in [0.15, 0.2) is 24.3 Å². The van der Waals surface area contributed by atoms with Crippen LogP contribution in [0.1, 0.15) is 0 Å². The number of hydrogen-bond acceptors (Lipinski definition) is 5. The minimum Gasteiger partial charge on any atom is -0.481 e. The lowest BCUT2D eigenvalue weighted by atomic mass is 9.91. The number of carboxylic acids is 1. The Labute approximate surface area is 97.5 Å². The summed E-state index contributed by atoms with van der Waals surface area (Å²) in [5.41, 5.74) is -2.06. The van der Waals surface area contributed by atoms with Crippen molar-refractivity contribution in [3.8, 4) is 0 Å². The number of nitro groups is 1. The molecule has 0 aromatic rings. The van der Waals surface area contributed by atoms with E-state index in [1.54, 1.807) is 0 Å². The van der Waals surface area contributed by atoms with Crippen LogP contribution in [0.3, 0.4) is 0 Å². The van der Waals surface area contributed by atoms with E-state index in [0.717, 1.165) is 6.08 Å². The molecule has 1 aliphatic carbocycles. The first-order valence-electron chi connectivity index (χ1n) is 4.91. The molecule has 0 aliphatic heterocycles. The fourth-order valence-electron chi connectivity index (χ4n) is 1.52. The standard InChI is InChI=1S/C10H13NO6/c1-16-6-7-17-10(11(14)15)5-3-2-4-8(10)9(12)13/h2-5,8H,6-7H2,1H3,(H,12,13). The number of carboxylic acid groups (broad SMARTS) is 1. The average molecular weight is 243 g/mol. The van der Waals surface area contributed by atoms with E-state index in [-0.39, 0.29) is 13.2 Å². The molecule has 1 aliphatic rings. The summed E-state index contributed by atoms with van der Waals surface area (Å²) in [7, 11) is 1.42. The number of carbonyl (C=O) groups is 1. The van der Waals surface area contributed by atoms with Gasteiger partial charge in [-0.15, -0.1) is 0 Å². The monoisotopic (exact) mass is 243 g/mol. The third kappa shape index (κ3) is 2.69. The van der Waals surface area contributed by atoms with Gasteiger partial charge in [-0.05, 0) is 0 Å². The molecule has 1 N–H and O–H groups in total. The summed E-state index contributed by atoms with van der Waals surface area (Å²) in [4.78, 5) is 21.3. The van der Waals surface area contributed by atoms with E-state index >= 15 is 0 Å². The van der Waals surface area contributed by atoms with E-state index in [9.17, 15) is 14.9 Å². The molecule has 2 atom stereocenters. The van der Waals surface area contributed by atoms with Crippen molar-refractivity contribution >= 4 is 5.97 Å². The Morgan fingerprint density at radius 2 is 2.24 bits per heavy atom. The molecule has 0 amide bonds. The van der Waals surface area contributed by atoms with Crippen molar-refractivity contribution < 1.29 is 24.3 Å². The van der Waals surface area contributed by atoms with Crippen molar-refractivity contribution in [2.75, 3.05) is 20.3 Å². The van der Waals surface area contributed by atoms with Crippen LogP contribution in [0.2, 0.25) is 0 Å². The lowest BCUT2D eigenvalue weighted by Crippen LogP contribution is -2.50. The minimum absolute atomic E-state index is 0.0561. The van der Waals surface area contributed by atoms with Gasteiger partial charge in [-0.3, -0.25) is 14.9 Å². The fraction of sp³-hybridized carbons (Fsp3) is 0.500. The van der Waals surface area contributed by atoms with Crippen molar-refractivity contribution in [3.05, 3.63) is 34.4 Å². The van der Waals surface area contributed by atoms with Gasteiger partial charge in [0, 0.05) is 13.2 Å². The van der Waals surface area contributed by atoms with E-state index in [2.05, 4.69) is 0 Å². The number of allylic oxidation sites excluding steroid dienone is 2. The molecule has 0 saturated carbocycles. The minimum atomic E-state index is -2.06. The van der Waals surface area contributed by atoms with Gasteiger partial charge in [0.15, 0.2) is 5.92 Å². The predicted octanol–water partition coefficient (Wildman–Crippen LogP) is 0.449. The van der Waals surface area contributed by atoms with Gasteiger partial charge in [-0.25, -0.2) is 0 Å². The van der Waals surface area contributed by atoms with Crippen molar-refractivity contribution in [1.82, 2.24) is 0 Å². The van der Waals surface area contributed by atoms with E-state index in [1.807, 2.05) is 0 Å². The zero-order chi connectivity index (χ0) is 12.9. The Bertz CT molecular complexity index is 364. The van der Waals surface area contributed by atoms with Gasteiger partial charge in [0.2, 0.25) is 0 Å². The van der Waals surface area contributed by atoms with Gasteiger partial charge in [-0.1, -0.05) is 18.2 Å². The highest BCUT2D eigenvalue weighted by Gasteiger charge is 2.53. The number of hydrogen-bond donors (Lipinski definition) is 1. The first-order valence-corrected chi connectivity index (χ1v) is 4.91. The van der Waals surface area contributed by atoms with Crippen molar-refractivity contribution in [3.63, 3.8) is 0 Å². The first-order chi connectivity index (χ1) is 8.04. The maximum absolute atomic E-state index is 11.1. The topological polar surface area (TPSA) is 98.9 Å². The summed E-state index contributed by atoms with van der Waals surface area (Å²) in [6.45, 7) is 0.0962. The molecule has 17 heavy (non-hydrogen) atoms. The Hall–Kier alpha value is -1.73. The van der Waals surface area contributed by atoms with E-state index < -0.39 is 22.5 Å². The molecule has 0 saturated heterocycles. The Kier molecular flexibility index (Phi) is 4.36. The van der Waals surface area contributed by atoms with Gasteiger partial charge in [0.1, 0.15) is 0 Å². The first kappa shape index (κ1) is 13.3.